The highest BCUT2D eigenvalue weighted by Crippen LogP contribution is 2.13. The molecule has 1 aromatic heterocycles. The Balaban J connectivity index is 2.12. The van der Waals surface area contributed by atoms with E-state index in [0.717, 1.165) is 44.1 Å². The summed E-state index contributed by atoms with van der Waals surface area (Å²) in [5.74, 6) is 0.942. The Morgan fingerprint density at radius 1 is 1.40 bits per heavy atom. The number of ether oxygens (including phenoxy) is 1. The van der Waals surface area contributed by atoms with Crippen molar-refractivity contribution in [1.82, 2.24) is 4.98 Å². The predicted octanol–water partition coefficient (Wildman–Crippen LogP) is 0.660. The Kier molecular flexibility index (Phi) is 3.29. The van der Waals surface area contributed by atoms with E-state index in [4.69, 9.17) is 4.74 Å². The summed E-state index contributed by atoms with van der Waals surface area (Å²) < 4.78 is 5.27. The van der Waals surface area contributed by atoms with E-state index in [1.54, 1.807) is 0 Å². The molecule has 0 unspecified atom stereocenters. The lowest BCUT2D eigenvalue weighted by Gasteiger charge is -2.27. The molecule has 0 bridgehead atoms. The summed E-state index contributed by atoms with van der Waals surface area (Å²) in [7, 11) is 0. The van der Waals surface area contributed by atoms with E-state index in [2.05, 4.69) is 9.88 Å². The zero-order valence-corrected chi connectivity index (χ0v) is 8.56. The lowest BCUT2D eigenvalue weighted by molar-refractivity contribution is -0.107. The van der Waals surface area contributed by atoms with Gasteiger partial charge in [0.05, 0.1) is 13.2 Å². The number of anilines is 1. The van der Waals surface area contributed by atoms with Gasteiger partial charge < -0.3 is 14.4 Å². The lowest BCUT2D eigenvalue weighted by atomic mass is 10.3. The summed E-state index contributed by atoms with van der Waals surface area (Å²) in [5, 5.41) is 0. The van der Waals surface area contributed by atoms with Crippen LogP contribution in [0, 0.1) is 0 Å². The summed E-state index contributed by atoms with van der Waals surface area (Å²) in [6.45, 7) is 3.24. The van der Waals surface area contributed by atoms with Gasteiger partial charge in [-0.3, -0.25) is 0 Å². The fourth-order valence-corrected chi connectivity index (χ4v) is 1.63. The second kappa shape index (κ2) is 4.89. The van der Waals surface area contributed by atoms with Crippen molar-refractivity contribution in [2.75, 3.05) is 31.2 Å². The quantitative estimate of drug-likeness (QED) is 0.681. The molecule has 0 saturated carbocycles. The Morgan fingerprint density at radius 2 is 2.20 bits per heavy atom. The fourth-order valence-electron chi connectivity index (χ4n) is 1.63. The summed E-state index contributed by atoms with van der Waals surface area (Å²) in [4.78, 5) is 17.0. The summed E-state index contributed by atoms with van der Waals surface area (Å²) in [6, 6.07) is 5.79. The number of aldehydes is 1. The van der Waals surface area contributed by atoms with Crippen LogP contribution < -0.4 is 4.90 Å². The van der Waals surface area contributed by atoms with Gasteiger partial charge >= 0.3 is 0 Å². The number of morpholine rings is 1. The molecule has 0 spiro atoms. The number of aromatic nitrogens is 1. The first-order chi connectivity index (χ1) is 7.40. The molecule has 4 nitrogen and oxygen atoms in total. The van der Waals surface area contributed by atoms with Gasteiger partial charge in [0.2, 0.25) is 0 Å². The minimum absolute atomic E-state index is 0.387. The van der Waals surface area contributed by atoms with Crippen LogP contribution in [0.5, 0.6) is 0 Å². The molecule has 0 amide bonds. The number of nitrogens with zero attached hydrogens (tertiary/aromatic N) is 2. The second-order valence-corrected chi connectivity index (χ2v) is 3.46. The van der Waals surface area contributed by atoms with Crippen molar-refractivity contribution in [2.45, 2.75) is 6.42 Å². The van der Waals surface area contributed by atoms with Gasteiger partial charge in [0.15, 0.2) is 0 Å². The number of rotatable bonds is 3. The summed E-state index contributed by atoms with van der Waals surface area (Å²) in [6.07, 6.45) is 1.27. The molecule has 80 valence electrons. The van der Waals surface area contributed by atoms with Crippen LogP contribution in [0.15, 0.2) is 18.2 Å². The molecule has 1 aromatic rings. The average molecular weight is 206 g/mol. The molecule has 1 aliphatic heterocycles. The van der Waals surface area contributed by atoms with Crippen LogP contribution in [-0.2, 0) is 16.0 Å². The topological polar surface area (TPSA) is 42.4 Å². The maximum Gasteiger partial charge on any atom is 0.128 e. The molecular weight excluding hydrogens is 192 g/mol. The van der Waals surface area contributed by atoms with Gasteiger partial charge in [0.25, 0.3) is 0 Å². The molecule has 2 heterocycles. The van der Waals surface area contributed by atoms with Gasteiger partial charge in [-0.05, 0) is 12.1 Å². The molecule has 1 saturated heterocycles. The minimum Gasteiger partial charge on any atom is -0.378 e. The van der Waals surface area contributed by atoms with Crippen molar-refractivity contribution < 1.29 is 9.53 Å². The molecule has 0 aliphatic carbocycles. The van der Waals surface area contributed by atoms with Crippen molar-refractivity contribution >= 4 is 12.1 Å². The molecule has 0 N–H and O–H groups in total. The monoisotopic (exact) mass is 206 g/mol. The highest BCUT2D eigenvalue weighted by Gasteiger charge is 2.12. The number of pyridine rings is 1. The normalized spacial score (nSPS) is 16.4. The van der Waals surface area contributed by atoms with Crippen LogP contribution in [-0.4, -0.2) is 37.6 Å². The Bertz CT molecular complexity index is 335. The van der Waals surface area contributed by atoms with Gasteiger partial charge in [-0.15, -0.1) is 0 Å². The molecule has 2 rings (SSSR count). The van der Waals surface area contributed by atoms with E-state index >= 15 is 0 Å². The Labute approximate surface area is 88.9 Å². The van der Waals surface area contributed by atoms with E-state index in [9.17, 15) is 4.79 Å². The average Bonchev–Trinajstić information content (AvgIpc) is 2.31. The van der Waals surface area contributed by atoms with Crippen LogP contribution in [0.25, 0.3) is 0 Å². The molecule has 0 radical (unpaired) electrons. The van der Waals surface area contributed by atoms with E-state index in [1.807, 2.05) is 18.2 Å². The van der Waals surface area contributed by atoms with Crippen LogP contribution >= 0.6 is 0 Å². The van der Waals surface area contributed by atoms with E-state index in [0.29, 0.717) is 6.42 Å². The highest BCUT2D eigenvalue weighted by atomic mass is 16.5. The third-order valence-corrected chi connectivity index (χ3v) is 2.42. The molecular formula is C11H14N2O2. The molecule has 0 atom stereocenters. The zero-order chi connectivity index (χ0) is 10.5. The summed E-state index contributed by atoms with van der Waals surface area (Å²) >= 11 is 0. The predicted molar refractivity (Wildman–Crippen MR) is 57.0 cm³/mol. The first-order valence-corrected chi connectivity index (χ1v) is 5.12. The van der Waals surface area contributed by atoms with Gasteiger partial charge in [-0.2, -0.15) is 0 Å². The minimum atomic E-state index is 0.387. The number of hydrogen-bond acceptors (Lipinski definition) is 4. The largest absolute Gasteiger partial charge is 0.378 e. The molecule has 1 fully saturated rings. The smallest absolute Gasteiger partial charge is 0.128 e. The van der Waals surface area contributed by atoms with Crippen LogP contribution in [0.4, 0.5) is 5.82 Å². The molecule has 1 aliphatic rings. The Morgan fingerprint density at radius 3 is 2.93 bits per heavy atom. The number of carbonyl (C=O) groups is 1. The second-order valence-electron chi connectivity index (χ2n) is 3.46. The van der Waals surface area contributed by atoms with E-state index < -0.39 is 0 Å². The Hall–Kier alpha value is -1.42. The third kappa shape index (κ3) is 2.53. The van der Waals surface area contributed by atoms with Crippen molar-refractivity contribution in [3.8, 4) is 0 Å². The summed E-state index contributed by atoms with van der Waals surface area (Å²) in [5.41, 5.74) is 0.828. The van der Waals surface area contributed by atoms with Gasteiger partial charge in [0, 0.05) is 25.2 Å². The SMILES string of the molecule is O=CCc1cccc(N2CCOCC2)n1. The van der Waals surface area contributed by atoms with Crippen molar-refractivity contribution in [3.63, 3.8) is 0 Å². The first-order valence-electron chi connectivity index (χ1n) is 5.12. The van der Waals surface area contributed by atoms with Crippen LogP contribution in [0.3, 0.4) is 0 Å². The lowest BCUT2D eigenvalue weighted by Crippen LogP contribution is -2.36. The fraction of sp³-hybridized carbons (Fsp3) is 0.455. The third-order valence-electron chi connectivity index (χ3n) is 2.42. The maximum absolute atomic E-state index is 10.4. The zero-order valence-electron chi connectivity index (χ0n) is 8.56. The maximum atomic E-state index is 10.4. The standard InChI is InChI=1S/C11H14N2O2/c14-7-4-10-2-1-3-11(12-10)13-5-8-15-9-6-13/h1-3,7H,4-6,8-9H2. The first kappa shape index (κ1) is 10.1. The van der Waals surface area contributed by atoms with Crippen LogP contribution in [0.1, 0.15) is 5.69 Å². The highest BCUT2D eigenvalue weighted by molar-refractivity contribution is 5.54. The van der Waals surface area contributed by atoms with E-state index in [-0.39, 0.29) is 0 Å². The number of hydrogen-bond donors (Lipinski definition) is 0. The van der Waals surface area contributed by atoms with Crippen molar-refractivity contribution in [3.05, 3.63) is 23.9 Å². The number of carbonyl (C=O) groups excluding carboxylic acids is 1. The van der Waals surface area contributed by atoms with Gasteiger partial charge in [-0.1, -0.05) is 6.07 Å². The molecule has 15 heavy (non-hydrogen) atoms. The van der Waals surface area contributed by atoms with Crippen LogP contribution in [0.2, 0.25) is 0 Å². The van der Waals surface area contributed by atoms with Crippen molar-refractivity contribution in [2.24, 2.45) is 0 Å². The van der Waals surface area contributed by atoms with Gasteiger partial charge in [-0.25, -0.2) is 4.98 Å². The van der Waals surface area contributed by atoms with E-state index in [1.165, 1.54) is 0 Å². The molecule has 0 aromatic carbocycles. The van der Waals surface area contributed by atoms with Crippen molar-refractivity contribution in [1.29, 1.82) is 0 Å². The van der Waals surface area contributed by atoms with Gasteiger partial charge in [0.1, 0.15) is 12.1 Å². The molecule has 4 heteroatoms.